The van der Waals surface area contributed by atoms with E-state index in [1.165, 1.54) is 27.4 Å². The van der Waals surface area contributed by atoms with Gasteiger partial charge in [-0.1, -0.05) is 38.3 Å². The fraction of sp³-hybridized carbons (Fsp3) is 0.304. The smallest absolute Gasteiger partial charge is 0.0944 e. The molecule has 0 aliphatic rings. The molecule has 2 aromatic rings. The number of rotatable bonds is 7. The SMILES string of the molecule is C=C/C=C(\C=C(/C)C#N)Sc1c(C(C)C)c(C)c(C)n1Cc1ccncc1. The summed E-state index contributed by atoms with van der Waals surface area (Å²) in [5.41, 5.74) is 5.88. The van der Waals surface area contributed by atoms with Crippen LogP contribution in [0.2, 0.25) is 0 Å². The standard InChI is InChI=1S/C23H27N3S/c1-7-8-21(13-17(4)14-24)27-23-22(16(2)3)18(5)19(6)26(23)15-20-9-11-25-12-10-20/h7-13,16H,1,15H2,2-6H3/b17-13+,21-8+. The van der Waals surface area contributed by atoms with Gasteiger partial charge in [-0.2, -0.15) is 5.26 Å². The zero-order valence-electron chi connectivity index (χ0n) is 16.8. The highest BCUT2D eigenvalue weighted by Crippen LogP contribution is 2.40. The number of nitriles is 1. The van der Waals surface area contributed by atoms with E-state index in [2.05, 4.69) is 62.0 Å². The van der Waals surface area contributed by atoms with E-state index < -0.39 is 0 Å². The van der Waals surface area contributed by atoms with Crippen LogP contribution >= 0.6 is 11.8 Å². The van der Waals surface area contributed by atoms with Crippen molar-refractivity contribution in [1.29, 1.82) is 5.26 Å². The van der Waals surface area contributed by atoms with Crippen LogP contribution in [0.4, 0.5) is 0 Å². The molecule has 2 heterocycles. The summed E-state index contributed by atoms with van der Waals surface area (Å²) in [4.78, 5) is 5.14. The molecule has 0 bridgehead atoms. The summed E-state index contributed by atoms with van der Waals surface area (Å²) < 4.78 is 2.37. The van der Waals surface area contributed by atoms with Crippen molar-refractivity contribution >= 4 is 11.8 Å². The van der Waals surface area contributed by atoms with Crippen molar-refractivity contribution in [3.63, 3.8) is 0 Å². The van der Waals surface area contributed by atoms with Crippen molar-refractivity contribution in [2.45, 2.75) is 52.1 Å². The molecule has 0 atom stereocenters. The van der Waals surface area contributed by atoms with Gasteiger partial charge in [0.15, 0.2) is 0 Å². The van der Waals surface area contributed by atoms with E-state index in [1.807, 2.05) is 31.5 Å². The molecule has 0 unspecified atom stereocenters. The van der Waals surface area contributed by atoms with E-state index in [-0.39, 0.29) is 0 Å². The second-order valence-corrected chi connectivity index (χ2v) is 7.93. The van der Waals surface area contributed by atoms with Crippen LogP contribution in [0.1, 0.15) is 49.1 Å². The summed E-state index contributed by atoms with van der Waals surface area (Å²) in [5.74, 6) is 0.413. The molecule has 2 aromatic heterocycles. The number of hydrogen-bond acceptors (Lipinski definition) is 3. The Morgan fingerprint density at radius 3 is 2.56 bits per heavy atom. The van der Waals surface area contributed by atoms with Gasteiger partial charge in [0.1, 0.15) is 0 Å². The van der Waals surface area contributed by atoms with Crippen LogP contribution in [0.3, 0.4) is 0 Å². The first-order valence-electron chi connectivity index (χ1n) is 9.06. The van der Waals surface area contributed by atoms with E-state index in [9.17, 15) is 0 Å². The fourth-order valence-corrected chi connectivity index (χ4v) is 4.53. The van der Waals surface area contributed by atoms with Crippen LogP contribution in [-0.4, -0.2) is 9.55 Å². The molecule has 140 valence electrons. The summed E-state index contributed by atoms with van der Waals surface area (Å²) in [6.07, 6.45) is 9.32. The first-order chi connectivity index (χ1) is 12.9. The van der Waals surface area contributed by atoms with Gasteiger partial charge in [0, 0.05) is 35.1 Å². The second-order valence-electron chi connectivity index (χ2n) is 6.87. The molecular weight excluding hydrogens is 350 g/mol. The van der Waals surface area contributed by atoms with E-state index in [0.29, 0.717) is 11.5 Å². The van der Waals surface area contributed by atoms with E-state index in [0.717, 1.165) is 11.4 Å². The maximum Gasteiger partial charge on any atom is 0.0944 e. The molecule has 0 saturated heterocycles. The lowest BCUT2D eigenvalue weighted by Crippen LogP contribution is -2.04. The minimum Gasteiger partial charge on any atom is -0.335 e. The van der Waals surface area contributed by atoms with Crippen LogP contribution in [0.25, 0.3) is 0 Å². The molecule has 2 rings (SSSR count). The Morgan fingerprint density at radius 1 is 1.33 bits per heavy atom. The minimum atomic E-state index is 0.413. The zero-order valence-corrected chi connectivity index (χ0v) is 17.6. The minimum absolute atomic E-state index is 0.413. The molecule has 0 fully saturated rings. The molecule has 0 N–H and O–H groups in total. The van der Waals surface area contributed by atoms with Crippen LogP contribution < -0.4 is 0 Å². The first kappa shape index (κ1) is 20.8. The Hall–Kier alpha value is -2.51. The van der Waals surface area contributed by atoms with Gasteiger partial charge >= 0.3 is 0 Å². The second kappa shape index (κ2) is 9.43. The Kier molecular flexibility index (Phi) is 7.27. The summed E-state index contributed by atoms with van der Waals surface area (Å²) in [6.45, 7) is 15.3. The first-order valence-corrected chi connectivity index (χ1v) is 9.88. The molecule has 0 amide bonds. The number of aromatic nitrogens is 2. The van der Waals surface area contributed by atoms with Gasteiger partial charge in [-0.3, -0.25) is 4.98 Å². The third-order valence-electron chi connectivity index (χ3n) is 4.53. The van der Waals surface area contributed by atoms with Gasteiger partial charge in [-0.25, -0.2) is 0 Å². The molecule has 27 heavy (non-hydrogen) atoms. The third kappa shape index (κ3) is 5.02. The Morgan fingerprint density at radius 2 is 2.00 bits per heavy atom. The fourth-order valence-electron chi connectivity index (χ4n) is 3.09. The average Bonchev–Trinajstić information content (AvgIpc) is 2.87. The van der Waals surface area contributed by atoms with Crippen molar-refractivity contribution in [1.82, 2.24) is 9.55 Å². The summed E-state index contributed by atoms with van der Waals surface area (Å²) in [5, 5.41) is 10.4. The summed E-state index contributed by atoms with van der Waals surface area (Å²) in [7, 11) is 0. The topological polar surface area (TPSA) is 41.6 Å². The largest absolute Gasteiger partial charge is 0.335 e. The number of nitrogens with zero attached hydrogens (tertiary/aromatic N) is 3. The lowest BCUT2D eigenvalue weighted by molar-refractivity contribution is 0.690. The lowest BCUT2D eigenvalue weighted by Gasteiger charge is -2.15. The van der Waals surface area contributed by atoms with Gasteiger partial charge in [-0.05, 0) is 67.7 Å². The molecule has 0 radical (unpaired) electrons. The molecule has 0 aliphatic carbocycles. The monoisotopic (exact) mass is 377 g/mol. The van der Waals surface area contributed by atoms with Crippen LogP contribution in [0.15, 0.2) is 64.8 Å². The number of allylic oxidation sites excluding steroid dienone is 4. The zero-order chi connectivity index (χ0) is 20.0. The Balaban J connectivity index is 2.58. The Bertz CT molecular complexity index is 909. The van der Waals surface area contributed by atoms with E-state index in [1.54, 1.807) is 17.8 Å². The highest BCUT2D eigenvalue weighted by molar-refractivity contribution is 8.03. The average molecular weight is 378 g/mol. The normalized spacial score (nSPS) is 12.3. The summed E-state index contributed by atoms with van der Waals surface area (Å²) >= 11 is 1.70. The number of thioether (sulfide) groups is 1. The summed E-state index contributed by atoms with van der Waals surface area (Å²) in [6, 6.07) is 6.32. The molecule has 4 heteroatoms. The molecule has 0 aromatic carbocycles. The van der Waals surface area contributed by atoms with Gasteiger partial charge in [0.25, 0.3) is 0 Å². The molecule has 0 saturated carbocycles. The van der Waals surface area contributed by atoms with Crippen molar-refractivity contribution in [3.8, 4) is 6.07 Å². The van der Waals surface area contributed by atoms with Crippen molar-refractivity contribution < 1.29 is 0 Å². The highest BCUT2D eigenvalue weighted by Gasteiger charge is 2.21. The van der Waals surface area contributed by atoms with Gasteiger partial charge in [-0.15, -0.1) is 0 Å². The molecule has 3 nitrogen and oxygen atoms in total. The van der Waals surface area contributed by atoms with Crippen molar-refractivity contribution in [2.24, 2.45) is 0 Å². The van der Waals surface area contributed by atoms with Gasteiger partial charge < -0.3 is 4.57 Å². The Labute approximate surface area is 167 Å². The van der Waals surface area contributed by atoms with E-state index in [4.69, 9.17) is 5.26 Å². The van der Waals surface area contributed by atoms with Crippen molar-refractivity contribution in [3.05, 3.63) is 82.2 Å². The highest BCUT2D eigenvalue weighted by atomic mass is 32.2. The predicted octanol–water partition coefficient (Wildman–Crippen LogP) is 6.30. The maximum atomic E-state index is 9.17. The van der Waals surface area contributed by atoms with E-state index >= 15 is 0 Å². The third-order valence-corrected chi connectivity index (χ3v) is 5.65. The van der Waals surface area contributed by atoms with Crippen LogP contribution in [0, 0.1) is 25.2 Å². The molecule has 0 spiro atoms. The van der Waals surface area contributed by atoms with Crippen molar-refractivity contribution in [2.75, 3.05) is 0 Å². The van der Waals surface area contributed by atoms with Crippen LogP contribution in [-0.2, 0) is 6.54 Å². The van der Waals surface area contributed by atoms with Gasteiger partial charge in [0.05, 0.1) is 11.1 Å². The lowest BCUT2D eigenvalue weighted by atomic mass is 10.0. The molecular formula is C23H27N3S. The quantitative estimate of drug-likeness (QED) is 0.323. The van der Waals surface area contributed by atoms with Crippen LogP contribution in [0.5, 0.6) is 0 Å². The number of pyridine rings is 1. The predicted molar refractivity (Wildman–Crippen MR) is 115 cm³/mol. The maximum absolute atomic E-state index is 9.17. The molecule has 0 aliphatic heterocycles. The van der Waals surface area contributed by atoms with Gasteiger partial charge in [0.2, 0.25) is 0 Å². The number of hydrogen-bond donors (Lipinski definition) is 0.